The van der Waals surface area contributed by atoms with E-state index in [4.69, 9.17) is 0 Å². The average Bonchev–Trinajstić information content (AvgIpc) is 2.61. The molecular weight excluding hydrogens is 304 g/mol. The van der Waals surface area contributed by atoms with Crippen LogP contribution in [-0.4, -0.2) is 30.0 Å². The van der Waals surface area contributed by atoms with E-state index in [9.17, 15) is 14.7 Å². The van der Waals surface area contributed by atoms with Crippen molar-refractivity contribution < 1.29 is 14.7 Å². The van der Waals surface area contributed by atoms with Crippen molar-refractivity contribution in [1.29, 1.82) is 0 Å². The molecule has 0 aliphatic heterocycles. The first-order chi connectivity index (χ1) is 11.5. The van der Waals surface area contributed by atoms with Gasteiger partial charge in [0.05, 0.1) is 0 Å². The standard InChI is InChI=1S/C19H22N2O3/c1-15(22)20-13-8-14-21-18(23)19(24,16-9-4-2-5-10-16)17-11-6-3-7-12-17/h2-7,9-12,24H,8,13-14H2,1H3,(H,20,22)(H,21,23). The van der Waals surface area contributed by atoms with Gasteiger partial charge in [-0.1, -0.05) is 60.7 Å². The van der Waals surface area contributed by atoms with Crippen molar-refractivity contribution in [2.24, 2.45) is 0 Å². The second-order valence-electron chi connectivity index (χ2n) is 5.53. The molecule has 2 amide bonds. The highest BCUT2D eigenvalue weighted by Crippen LogP contribution is 2.29. The van der Waals surface area contributed by atoms with E-state index in [1.165, 1.54) is 6.92 Å². The van der Waals surface area contributed by atoms with Gasteiger partial charge in [0.25, 0.3) is 5.91 Å². The van der Waals surface area contributed by atoms with Gasteiger partial charge in [-0.2, -0.15) is 0 Å². The van der Waals surface area contributed by atoms with Crippen LogP contribution >= 0.6 is 0 Å². The minimum Gasteiger partial charge on any atom is -0.372 e. The van der Waals surface area contributed by atoms with Gasteiger partial charge in [-0.25, -0.2) is 0 Å². The van der Waals surface area contributed by atoms with Crippen LogP contribution in [-0.2, 0) is 15.2 Å². The number of amides is 2. The number of benzene rings is 2. The molecule has 0 bridgehead atoms. The lowest BCUT2D eigenvalue weighted by Crippen LogP contribution is -2.46. The lowest BCUT2D eigenvalue weighted by molar-refractivity contribution is -0.136. The maximum absolute atomic E-state index is 12.7. The Labute approximate surface area is 141 Å². The number of nitrogens with one attached hydrogen (secondary N) is 2. The quantitative estimate of drug-likeness (QED) is 0.676. The van der Waals surface area contributed by atoms with E-state index in [1.807, 2.05) is 12.1 Å². The molecule has 0 unspecified atom stereocenters. The van der Waals surface area contributed by atoms with Crippen LogP contribution in [0.25, 0.3) is 0 Å². The Morgan fingerprint density at radius 3 is 1.79 bits per heavy atom. The summed E-state index contributed by atoms with van der Waals surface area (Å²) in [5.41, 5.74) is -0.734. The normalized spacial score (nSPS) is 10.9. The largest absolute Gasteiger partial charge is 0.372 e. The molecule has 0 radical (unpaired) electrons. The van der Waals surface area contributed by atoms with Crippen molar-refractivity contribution in [3.8, 4) is 0 Å². The Morgan fingerprint density at radius 1 is 0.875 bits per heavy atom. The molecule has 3 N–H and O–H groups in total. The topological polar surface area (TPSA) is 78.4 Å². The van der Waals surface area contributed by atoms with E-state index in [0.717, 1.165) is 0 Å². The third kappa shape index (κ3) is 4.20. The first kappa shape index (κ1) is 17.7. The molecule has 0 aliphatic carbocycles. The number of carbonyl (C=O) groups is 2. The van der Waals surface area contributed by atoms with Gasteiger partial charge >= 0.3 is 0 Å². The molecule has 5 nitrogen and oxygen atoms in total. The van der Waals surface area contributed by atoms with Crippen LogP contribution in [0.2, 0.25) is 0 Å². The highest BCUT2D eigenvalue weighted by Gasteiger charge is 2.39. The zero-order chi connectivity index (χ0) is 17.4. The zero-order valence-electron chi connectivity index (χ0n) is 13.7. The van der Waals surface area contributed by atoms with E-state index in [2.05, 4.69) is 10.6 Å². The molecule has 0 atom stereocenters. The molecule has 0 saturated heterocycles. The molecule has 2 aromatic carbocycles. The van der Waals surface area contributed by atoms with Crippen molar-refractivity contribution >= 4 is 11.8 Å². The van der Waals surface area contributed by atoms with E-state index < -0.39 is 11.5 Å². The second-order valence-corrected chi connectivity index (χ2v) is 5.53. The molecule has 0 fully saturated rings. The second kappa shape index (κ2) is 8.26. The van der Waals surface area contributed by atoms with Crippen LogP contribution in [0.4, 0.5) is 0 Å². The van der Waals surface area contributed by atoms with Crippen molar-refractivity contribution in [2.75, 3.05) is 13.1 Å². The lowest BCUT2D eigenvalue weighted by Gasteiger charge is -2.28. The maximum Gasteiger partial charge on any atom is 0.261 e. The number of carbonyl (C=O) groups excluding carboxylic acids is 2. The van der Waals surface area contributed by atoms with Crippen LogP contribution in [0.3, 0.4) is 0 Å². The predicted molar refractivity (Wildman–Crippen MR) is 92.2 cm³/mol. The highest BCUT2D eigenvalue weighted by atomic mass is 16.3. The van der Waals surface area contributed by atoms with Gasteiger partial charge in [0.2, 0.25) is 5.91 Å². The minimum atomic E-state index is -1.75. The van der Waals surface area contributed by atoms with Gasteiger partial charge in [-0.05, 0) is 17.5 Å². The van der Waals surface area contributed by atoms with Crippen molar-refractivity contribution in [2.45, 2.75) is 18.9 Å². The van der Waals surface area contributed by atoms with Gasteiger partial charge in [-0.15, -0.1) is 0 Å². The van der Waals surface area contributed by atoms with Crippen LogP contribution in [0.5, 0.6) is 0 Å². The van der Waals surface area contributed by atoms with Gasteiger partial charge in [-0.3, -0.25) is 9.59 Å². The van der Waals surface area contributed by atoms with Gasteiger partial charge in [0.1, 0.15) is 0 Å². The van der Waals surface area contributed by atoms with Crippen molar-refractivity contribution in [1.82, 2.24) is 10.6 Å². The first-order valence-electron chi connectivity index (χ1n) is 7.91. The number of aliphatic hydroxyl groups is 1. The third-order valence-corrected chi connectivity index (χ3v) is 3.72. The monoisotopic (exact) mass is 326 g/mol. The van der Waals surface area contributed by atoms with E-state index in [-0.39, 0.29) is 5.91 Å². The molecular formula is C19H22N2O3. The Kier molecular flexibility index (Phi) is 6.09. The zero-order valence-corrected chi connectivity index (χ0v) is 13.7. The summed E-state index contributed by atoms with van der Waals surface area (Å²) in [6, 6.07) is 17.7. The molecule has 126 valence electrons. The fourth-order valence-corrected chi connectivity index (χ4v) is 2.47. The summed E-state index contributed by atoms with van der Waals surface area (Å²) < 4.78 is 0. The maximum atomic E-state index is 12.7. The molecule has 24 heavy (non-hydrogen) atoms. The summed E-state index contributed by atoms with van der Waals surface area (Å²) in [6.45, 7) is 2.29. The third-order valence-electron chi connectivity index (χ3n) is 3.72. The Bertz CT molecular complexity index is 632. The number of hydrogen-bond donors (Lipinski definition) is 3. The first-order valence-corrected chi connectivity index (χ1v) is 7.91. The van der Waals surface area contributed by atoms with Crippen LogP contribution in [0, 0.1) is 0 Å². The van der Waals surface area contributed by atoms with E-state index in [1.54, 1.807) is 48.5 Å². The average molecular weight is 326 g/mol. The van der Waals surface area contributed by atoms with E-state index in [0.29, 0.717) is 30.6 Å². The summed E-state index contributed by atoms with van der Waals surface area (Å²) >= 11 is 0. The molecule has 5 heteroatoms. The number of hydrogen-bond acceptors (Lipinski definition) is 3. The Morgan fingerprint density at radius 2 is 1.33 bits per heavy atom. The molecule has 2 aromatic rings. The van der Waals surface area contributed by atoms with Crippen molar-refractivity contribution in [3.05, 3.63) is 71.8 Å². The summed E-state index contributed by atoms with van der Waals surface area (Å²) in [5, 5.41) is 16.6. The van der Waals surface area contributed by atoms with Crippen LogP contribution in [0.1, 0.15) is 24.5 Å². The van der Waals surface area contributed by atoms with Gasteiger partial charge in [0.15, 0.2) is 5.60 Å². The summed E-state index contributed by atoms with van der Waals surface area (Å²) in [5.74, 6) is -0.589. The molecule has 0 saturated carbocycles. The molecule has 0 spiro atoms. The highest BCUT2D eigenvalue weighted by molar-refractivity contribution is 5.90. The fourth-order valence-electron chi connectivity index (χ4n) is 2.47. The molecule has 0 heterocycles. The minimum absolute atomic E-state index is 0.105. The molecule has 0 aromatic heterocycles. The predicted octanol–water partition coefficient (Wildman–Crippen LogP) is 1.56. The van der Waals surface area contributed by atoms with Crippen LogP contribution < -0.4 is 10.6 Å². The smallest absolute Gasteiger partial charge is 0.261 e. The van der Waals surface area contributed by atoms with Crippen LogP contribution in [0.15, 0.2) is 60.7 Å². The SMILES string of the molecule is CC(=O)NCCCNC(=O)C(O)(c1ccccc1)c1ccccc1. The number of rotatable bonds is 7. The molecule has 2 rings (SSSR count). The molecule has 0 aliphatic rings. The van der Waals surface area contributed by atoms with Gasteiger partial charge in [0, 0.05) is 20.0 Å². The Balaban J connectivity index is 2.15. The Hall–Kier alpha value is -2.66. The van der Waals surface area contributed by atoms with Crippen molar-refractivity contribution in [3.63, 3.8) is 0 Å². The summed E-state index contributed by atoms with van der Waals surface area (Å²) in [7, 11) is 0. The fraction of sp³-hybridized carbons (Fsp3) is 0.263. The van der Waals surface area contributed by atoms with Gasteiger partial charge < -0.3 is 15.7 Å². The summed E-state index contributed by atoms with van der Waals surface area (Å²) in [6.07, 6.45) is 0.588. The lowest BCUT2D eigenvalue weighted by atomic mass is 9.85. The summed E-state index contributed by atoms with van der Waals surface area (Å²) in [4.78, 5) is 23.5. The van der Waals surface area contributed by atoms with E-state index >= 15 is 0 Å².